The number of rotatable bonds is 5. The van der Waals surface area contributed by atoms with Crippen molar-refractivity contribution in [3.05, 3.63) is 71.8 Å². The van der Waals surface area contributed by atoms with E-state index >= 15 is 0 Å². The normalized spacial score (nSPS) is 20.5. The molecule has 2 fully saturated rings. The average Bonchev–Trinajstić information content (AvgIpc) is 3.06. The fourth-order valence-corrected chi connectivity index (χ4v) is 4.23. The first kappa shape index (κ1) is 17.3. The Morgan fingerprint density at radius 2 is 1.38 bits per heavy atom. The van der Waals surface area contributed by atoms with Crippen LogP contribution >= 0.6 is 0 Å². The van der Waals surface area contributed by atoms with Gasteiger partial charge in [-0.15, -0.1) is 0 Å². The Morgan fingerprint density at radius 1 is 0.808 bits per heavy atom. The van der Waals surface area contributed by atoms with E-state index in [9.17, 15) is 4.79 Å². The number of hydrogen-bond acceptors (Lipinski definition) is 3. The van der Waals surface area contributed by atoms with Crippen LogP contribution in [0.1, 0.15) is 17.5 Å². The van der Waals surface area contributed by atoms with Crippen molar-refractivity contribution in [2.24, 2.45) is 0 Å². The van der Waals surface area contributed by atoms with Gasteiger partial charge >= 0.3 is 0 Å². The van der Waals surface area contributed by atoms with Gasteiger partial charge in [0, 0.05) is 32.7 Å². The van der Waals surface area contributed by atoms with Crippen molar-refractivity contribution in [1.82, 2.24) is 9.80 Å². The summed E-state index contributed by atoms with van der Waals surface area (Å²) < 4.78 is 5.42. The largest absolute Gasteiger partial charge is 0.379 e. The van der Waals surface area contributed by atoms with E-state index in [1.54, 1.807) is 0 Å². The fourth-order valence-electron chi connectivity index (χ4n) is 4.23. The van der Waals surface area contributed by atoms with Crippen molar-refractivity contribution >= 4 is 5.91 Å². The summed E-state index contributed by atoms with van der Waals surface area (Å²) in [4.78, 5) is 18.0. The summed E-state index contributed by atoms with van der Waals surface area (Å²) in [7, 11) is 0. The Kier molecular flexibility index (Phi) is 5.05. The number of nitrogens with zero attached hydrogens (tertiary/aromatic N) is 2. The maximum absolute atomic E-state index is 13.6. The van der Waals surface area contributed by atoms with Gasteiger partial charge in [-0.1, -0.05) is 60.7 Å². The summed E-state index contributed by atoms with van der Waals surface area (Å²) in [6.45, 7) is 6.05. The molecule has 2 aliphatic heterocycles. The monoisotopic (exact) mass is 350 g/mol. The summed E-state index contributed by atoms with van der Waals surface area (Å²) in [5.41, 5.74) is 1.66. The lowest BCUT2D eigenvalue weighted by molar-refractivity contribution is -0.131. The molecule has 2 aromatic rings. The third-order valence-corrected chi connectivity index (χ3v) is 5.73. The van der Waals surface area contributed by atoms with Crippen LogP contribution in [0.15, 0.2) is 60.7 Å². The maximum Gasteiger partial charge on any atom is 0.237 e. The third-order valence-electron chi connectivity index (χ3n) is 5.73. The maximum atomic E-state index is 13.6. The Labute approximate surface area is 155 Å². The van der Waals surface area contributed by atoms with Crippen molar-refractivity contribution in [2.75, 3.05) is 45.9 Å². The molecule has 2 saturated heterocycles. The van der Waals surface area contributed by atoms with E-state index < -0.39 is 5.41 Å². The number of benzene rings is 2. The van der Waals surface area contributed by atoms with Crippen LogP contribution < -0.4 is 0 Å². The molecule has 0 unspecified atom stereocenters. The molecule has 0 bridgehead atoms. The standard InChI is InChI=1S/C22H26N2O2/c25-21-22(19-7-3-1-4-8-19,20-9-5-2-6-10-20)11-12-24(21)14-13-23-15-17-26-18-16-23/h1-10H,11-18H2. The number of ether oxygens (including phenoxy) is 1. The van der Waals surface area contributed by atoms with Crippen LogP contribution in [0.2, 0.25) is 0 Å². The zero-order valence-electron chi connectivity index (χ0n) is 15.1. The molecule has 0 spiro atoms. The zero-order chi connectivity index (χ0) is 17.8. The highest BCUT2D eigenvalue weighted by molar-refractivity contribution is 5.94. The molecular formula is C22H26N2O2. The van der Waals surface area contributed by atoms with Gasteiger partial charge in [0.05, 0.1) is 13.2 Å². The van der Waals surface area contributed by atoms with Crippen LogP contribution in [-0.2, 0) is 14.9 Å². The van der Waals surface area contributed by atoms with E-state index in [2.05, 4.69) is 34.1 Å². The highest BCUT2D eigenvalue weighted by Gasteiger charge is 2.48. The van der Waals surface area contributed by atoms with Gasteiger partial charge in [0.2, 0.25) is 5.91 Å². The molecular weight excluding hydrogens is 324 g/mol. The number of morpholine rings is 1. The number of amides is 1. The summed E-state index contributed by atoms with van der Waals surface area (Å²) in [5, 5.41) is 0. The lowest BCUT2D eigenvalue weighted by Gasteiger charge is -2.31. The van der Waals surface area contributed by atoms with Gasteiger partial charge < -0.3 is 9.64 Å². The van der Waals surface area contributed by atoms with E-state index in [0.29, 0.717) is 0 Å². The second-order valence-corrected chi connectivity index (χ2v) is 7.13. The number of carbonyl (C=O) groups is 1. The summed E-state index contributed by atoms with van der Waals surface area (Å²) in [6, 6.07) is 20.5. The first-order valence-electron chi connectivity index (χ1n) is 9.51. The van der Waals surface area contributed by atoms with Crippen LogP contribution in [-0.4, -0.2) is 61.6 Å². The summed E-state index contributed by atoms with van der Waals surface area (Å²) in [5.74, 6) is 0.239. The molecule has 2 heterocycles. The fraction of sp³-hybridized carbons (Fsp3) is 0.409. The third kappa shape index (κ3) is 3.15. The van der Waals surface area contributed by atoms with Crippen LogP contribution in [0, 0.1) is 0 Å². The highest BCUT2D eigenvalue weighted by atomic mass is 16.5. The van der Waals surface area contributed by atoms with Crippen molar-refractivity contribution in [2.45, 2.75) is 11.8 Å². The Bertz CT molecular complexity index is 687. The van der Waals surface area contributed by atoms with Crippen LogP contribution in [0.5, 0.6) is 0 Å². The second kappa shape index (κ2) is 7.60. The topological polar surface area (TPSA) is 32.8 Å². The highest BCUT2D eigenvalue weighted by Crippen LogP contribution is 2.41. The van der Waals surface area contributed by atoms with Crippen molar-refractivity contribution in [3.63, 3.8) is 0 Å². The van der Waals surface area contributed by atoms with E-state index in [-0.39, 0.29) is 5.91 Å². The van der Waals surface area contributed by atoms with E-state index in [1.165, 1.54) is 0 Å². The number of likely N-dealkylation sites (tertiary alicyclic amines) is 1. The molecule has 0 atom stereocenters. The van der Waals surface area contributed by atoms with E-state index in [1.807, 2.05) is 36.4 Å². The Balaban J connectivity index is 1.58. The molecule has 0 saturated carbocycles. The lowest BCUT2D eigenvalue weighted by atomic mass is 9.73. The van der Waals surface area contributed by atoms with Crippen molar-refractivity contribution in [3.8, 4) is 0 Å². The summed E-state index contributed by atoms with van der Waals surface area (Å²) in [6.07, 6.45) is 0.836. The second-order valence-electron chi connectivity index (χ2n) is 7.13. The van der Waals surface area contributed by atoms with Gasteiger partial charge in [-0.2, -0.15) is 0 Å². The number of carbonyl (C=O) groups excluding carboxylic acids is 1. The SMILES string of the molecule is O=C1N(CCN2CCOCC2)CCC1(c1ccccc1)c1ccccc1. The molecule has 2 aromatic carbocycles. The zero-order valence-corrected chi connectivity index (χ0v) is 15.1. The number of hydrogen-bond donors (Lipinski definition) is 0. The molecule has 1 amide bonds. The van der Waals surface area contributed by atoms with Gasteiger partial charge in [0.1, 0.15) is 5.41 Å². The smallest absolute Gasteiger partial charge is 0.237 e. The molecule has 136 valence electrons. The minimum Gasteiger partial charge on any atom is -0.379 e. The average molecular weight is 350 g/mol. The van der Waals surface area contributed by atoms with Crippen LogP contribution in [0.3, 0.4) is 0 Å². The van der Waals surface area contributed by atoms with Crippen molar-refractivity contribution < 1.29 is 9.53 Å². The minimum atomic E-state index is -0.548. The van der Waals surface area contributed by atoms with Crippen molar-refractivity contribution in [1.29, 1.82) is 0 Å². The van der Waals surface area contributed by atoms with Gasteiger partial charge in [0.25, 0.3) is 0 Å². The lowest BCUT2D eigenvalue weighted by Crippen LogP contribution is -2.44. The molecule has 0 radical (unpaired) electrons. The predicted octanol–water partition coefficient (Wildman–Crippen LogP) is 2.54. The molecule has 4 nitrogen and oxygen atoms in total. The van der Waals surface area contributed by atoms with Gasteiger partial charge in [0.15, 0.2) is 0 Å². The molecule has 4 rings (SSSR count). The Morgan fingerprint density at radius 3 is 1.96 bits per heavy atom. The molecule has 0 aromatic heterocycles. The minimum absolute atomic E-state index is 0.239. The molecule has 0 N–H and O–H groups in total. The van der Waals surface area contributed by atoms with Gasteiger partial charge in [-0.25, -0.2) is 0 Å². The molecule has 2 aliphatic rings. The Hall–Kier alpha value is -2.17. The quantitative estimate of drug-likeness (QED) is 0.831. The van der Waals surface area contributed by atoms with Gasteiger partial charge in [-0.05, 0) is 17.5 Å². The van der Waals surface area contributed by atoms with Crippen LogP contribution in [0.4, 0.5) is 0 Å². The summed E-state index contributed by atoms with van der Waals surface area (Å²) >= 11 is 0. The van der Waals surface area contributed by atoms with E-state index in [0.717, 1.165) is 63.5 Å². The first-order valence-corrected chi connectivity index (χ1v) is 9.51. The predicted molar refractivity (Wildman–Crippen MR) is 102 cm³/mol. The molecule has 4 heteroatoms. The first-order chi connectivity index (χ1) is 12.8. The van der Waals surface area contributed by atoms with E-state index in [4.69, 9.17) is 4.74 Å². The van der Waals surface area contributed by atoms with Gasteiger partial charge in [-0.3, -0.25) is 9.69 Å². The molecule has 26 heavy (non-hydrogen) atoms. The van der Waals surface area contributed by atoms with Crippen LogP contribution in [0.25, 0.3) is 0 Å². The molecule has 0 aliphatic carbocycles.